The third-order valence-electron chi connectivity index (χ3n) is 5.97. The molecule has 158 valence electrons. The molecule has 6 aromatic rings. The molecule has 0 unspecified atom stereocenters. The molecule has 0 N–H and O–H groups in total. The van der Waals surface area contributed by atoms with Gasteiger partial charge in [0.25, 0.3) is 0 Å². The van der Waals surface area contributed by atoms with Crippen molar-refractivity contribution < 1.29 is 4.57 Å². The average Bonchev–Trinajstić information content (AvgIpc) is 3.24. The van der Waals surface area contributed by atoms with Crippen LogP contribution in [0.4, 0.5) is 0 Å². The van der Waals surface area contributed by atoms with Gasteiger partial charge < -0.3 is 4.57 Å². The Labute approximate surface area is 191 Å². The maximum Gasteiger partial charge on any atom is 0.235 e. The van der Waals surface area contributed by atoms with Crippen LogP contribution in [0.2, 0.25) is 0 Å². The van der Waals surface area contributed by atoms with E-state index in [9.17, 15) is 4.57 Å². The lowest BCUT2D eigenvalue weighted by molar-refractivity contribution is 0.592. The Morgan fingerprint density at radius 3 is 1.61 bits per heavy atom. The molecule has 0 spiro atoms. The summed E-state index contributed by atoms with van der Waals surface area (Å²) < 4.78 is 16.8. The SMILES string of the molecule is O=P(c1ccccc1)(c1ccccc1)c1ccnc(-n2c3ccccc3c3ccccc32)n1. The Balaban J connectivity index is 1.64. The normalized spacial score (nSPS) is 11.8. The van der Waals surface area contributed by atoms with Crippen molar-refractivity contribution >= 4 is 45.0 Å². The maximum absolute atomic E-state index is 14.8. The van der Waals surface area contributed by atoms with Crippen LogP contribution in [-0.4, -0.2) is 14.5 Å². The van der Waals surface area contributed by atoms with Gasteiger partial charge in [0.1, 0.15) is 5.44 Å². The zero-order valence-corrected chi connectivity index (χ0v) is 18.6. The molecule has 0 aliphatic carbocycles. The Morgan fingerprint density at radius 2 is 1.06 bits per heavy atom. The van der Waals surface area contributed by atoms with Crippen LogP contribution >= 0.6 is 7.14 Å². The molecule has 33 heavy (non-hydrogen) atoms. The number of benzene rings is 4. The Kier molecular flexibility index (Phi) is 4.67. The van der Waals surface area contributed by atoms with Gasteiger partial charge in [0.2, 0.25) is 5.95 Å². The lowest BCUT2D eigenvalue weighted by Crippen LogP contribution is -2.28. The number of nitrogens with zero attached hydrogens (tertiary/aromatic N) is 3. The van der Waals surface area contributed by atoms with E-state index in [-0.39, 0.29) is 0 Å². The molecule has 0 radical (unpaired) electrons. The molecule has 0 fully saturated rings. The second kappa shape index (κ2) is 7.84. The van der Waals surface area contributed by atoms with Gasteiger partial charge in [-0.25, -0.2) is 9.97 Å². The molecule has 2 heterocycles. The van der Waals surface area contributed by atoms with Crippen LogP contribution in [0.5, 0.6) is 0 Å². The Bertz CT molecular complexity index is 1550. The molecule has 0 aliphatic rings. The van der Waals surface area contributed by atoms with Gasteiger partial charge in [-0.05, 0) is 18.2 Å². The van der Waals surface area contributed by atoms with Crippen molar-refractivity contribution in [2.75, 3.05) is 0 Å². The predicted molar refractivity (Wildman–Crippen MR) is 136 cm³/mol. The van der Waals surface area contributed by atoms with Gasteiger partial charge in [0.15, 0.2) is 7.14 Å². The molecular weight excluding hydrogens is 425 g/mol. The van der Waals surface area contributed by atoms with Gasteiger partial charge in [-0.3, -0.25) is 4.57 Å². The van der Waals surface area contributed by atoms with Crippen LogP contribution in [0.25, 0.3) is 27.8 Å². The first-order valence-corrected chi connectivity index (χ1v) is 12.5. The first-order valence-electron chi connectivity index (χ1n) is 10.8. The van der Waals surface area contributed by atoms with Crippen molar-refractivity contribution in [3.05, 3.63) is 121 Å². The minimum atomic E-state index is -3.19. The predicted octanol–water partition coefficient (Wildman–Crippen LogP) is 5.21. The molecule has 0 aliphatic heterocycles. The molecular formula is C28H20N3OP. The standard InChI is InChI=1S/C28H20N3OP/c32-33(21-11-3-1-4-12-21,22-13-5-2-6-14-22)27-19-20-29-28(30-27)31-25-17-9-7-15-23(25)24-16-8-10-18-26(24)31/h1-20H. The van der Waals surface area contributed by atoms with Crippen molar-refractivity contribution in [1.29, 1.82) is 0 Å². The lowest BCUT2D eigenvalue weighted by Gasteiger charge is -2.19. The zero-order valence-electron chi connectivity index (χ0n) is 17.7. The fourth-order valence-corrected chi connectivity index (χ4v) is 6.97. The molecule has 4 nitrogen and oxygen atoms in total. The smallest absolute Gasteiger partial charge is 0.235 e. The van der Waals surface area contributed by atoms with Crippen LogP contribution in [0.3, 0.4) is 0 Å². The number of hydrogen-bond acceptors (Lipinski definition) is 3. The van der Waals surface area contributed by atoms with Gasteiger partial charge in [-0.2, -0.15) is 0 Å². The van der Waals surface area contributed by atoms with Crippen molar-refractivity contribution in [2.24, 2.45) is 0 Å². The molecule has 0 saturated heterocycles. The van der Waals surface area contributed by atoms with Gasteiger partial charge in [0, 0.05) is 27.6 Å². The van der Waals surface area contributed by atoms with Crippen molar-refractivity contribution in [2.45, 2.75) is 0 Å². The summed E-state index contributed by atoms with van der Waals surface area (Å²) in [5.74, 6) is 0.511. The maximum atomic E-state index is 14.8. The second-order valence-corrected chi connectivity index (χ2v) is 10.6. The van der Waals surface area contributed by atoms with Gasteiger partial charge in [0.05, 0.1) is 11.0 Å². The van der Waals surface area contributed by atoms with E-state index in [1.165, 1.54) is 0 Å². The topological polar surface area (TPSA) is 47.8 Å². The van der Waals surface area contributed by atoms with E-state index in [0.29, 0.717) is 11.4 Å². The second-order valence-electron chi connectivity index (χ2n) is 7.86. The number of hydrogen-bond donors (Lipinski definition) is 0. The quantitative estimate of drug-likeness (QED) is 0.350. The van der Waals surface area contributed by atoms with Crippen LogP contribution in [0.1, 0.15) is 0 Å². The van der Waals surface area contributed by atoms with Gasteiger partial charge in [-0.1, -0.05) is 97.1 Å². The summed E-state index contributed by atoms with van der Waals surface area (Å²) in [6, 6.07) is 37.4. The lowest BCUT2D eigenvalue weighted by atomic mass is 10.2. The Morgan fingerprint density at radius 1 is 0.576 bits per heavy atom. The summed E-state index contributed by atoms with van der Waals surface area (Å²) in [6.07, 6.45) is 1.71. The highest BCUT2D eigenvalue weighted by Gasteiger charge is 2.31. The summed E-state index contributed by atoms with van der Waals surface area (Å²) in [7, 11) is -3.19. The monoisotopic (exact) mass is 445 g/mol. The van der Waals surface area contributed by atoms with Crippen LogP contribution in [0, 0.1) is 0 Å². The molecule has 2 aromatic heterocycles. The number of para-hydroxylation sites is 2. The number of rotatable bonds is 4. The number of fused-ring (bicyclic) bond motifs is 3. The number of aromatic nitrogens is 3. The molecule has 0 amide bonds. The third kappa shape index (κ3) is 3.11. The average molecular weight is 445 g/mol. The highest BCUT2D eigenvalue weighted by molar-refractivity contribution is 7.85. The van der Waals surface area contributed by atoms with E-state index in [2.05, 4.69) is 33.8 Å². The molecule has 4 aromatic carbocycles. The van der Waals surface area contributed by atoms with Crippen molar-refractivity contribution in [3.8, 4) is 5.95 Å². The summed E-state index contributed by atoms with van der Waals surface area (Å²) in [5, 5.41) is 3.78. The first kappa shape index (κ1) is 19.7. The highest BCUT2D eigenvalue weighted by Crippen LogP contribution is 2.41. The Hall–Kier alpha value is -4.01. The van der Waals surface area contributed by atoms with E-state index < -0.39 is 7.14 Å². The largest absolute Gasteiger partial charge is 0.307 e. The summed E-state index contributed by atoms with van der Waals surface area (Å²) in [6.45, 7) is 0. The summed E-state index contributed by atoms with van der Waals surface area (Å²) >= 11 is 0. The fourth-order valence-electron chi connectivity index (χ4n) is 4.45. The van der Waals surface area contributed by atoms with E-state index in [1.54, 1.807) is 12.3 Å². The van der Waals surface area contributed by atoms with Gasteiger partial charge >= 0.3 is 0 Å². The fraction of sp³-hybridized carbons (Fsp3) is 0. The van der Waals surface area contributed by atoms with E-state index in [4.69, 9.17) is 4.98 Å². The minimum Gasteiger partial charge on any atom is -0.307 e. The molecule has 6 rings (SSSR count). The minimum absolute atomic E-state index is 0.511. The molecule has 5 heteroatoms. The van der Waals surface area contributed by atoms with Crippen molar-refractivity contribution in [1.82, 2.24) is 14.5 Å². The first-order chi connectivity index (χ1) is 16.3. The van der Waals surface area contributed by atoms with Crippen LogP contribution in [-0.2, 0) is 4.57 Å². The summed E-state index contributed by atoms with van der Waals surface area (Å²) in [5.41, 5.74) is 2.56. The van der Waals surface area contributed by atoms with Crippen LogP contribution < -0.4 is 16.0 Å². The van der Waals surface area contributed by atoms with E-state index >= 15 is 0 Å². The molecule has 0 bridgehead atoms. The van der Waals surface area contributed by atoms with E-state index in [0.717, 1.165) is 32.4 Å². The molecule has 0 atom stereocenters. The van der Waals surface area contributed by atoms with E-state index in [1.807, 2.05) is 84.9 Å². The van der Waals surface area contributed by atoms with Crippen molar-refractivity contribution in [3.63, 3.8) is 0 Å². The van der Waals surface area contributed by atoms with Crippen LogP contribution in [0.15, 0.2) is 121 Å². The summed E-state index contributed by atoms with van der Waals surface area (Å²) in [4.78, 5) is 9.54. The van der Waals surface area contributed by atoms with Gasteiger partial charge in [-0.15, -0.1) is 0 Å². The molecule has 0 saturated carbocycles. The highest BCUT2D eigenvalue weighted by atomic mass is 31.2. The third-order valence-corrected chi connectivity index (χ3v) is 8.92. The zero-order chi connectivity index (χ0) is 22.3.